The minimum absolute atomic E-state index is 0.0176. The Kier molecular flexibility index (Phi) is 7.03. The monoisotopic (exact) mass is 442 g/mol. The van der Waals surface area contributed by atoms with Gasteiger partial charge < -0.3 is 0 Å². The fourth-order valence-corrected chi connectivity index (χ4v) is 3.93. The van der Waals surface area contributed by atoms with Gasteiger partial charge in [0.2, 0.25) is 0 Å². The Hall–Kier alpha value is -1.40. The zero-order valence-corrected chi connectivity index (χ0v) is 15.4. The van der Waals surface area contributed by atoms with Crippen molar-refractivity contribution in [2.45, 2.75) is 6.92 Å². The summed E-state index contributed by atoms with van der Waals surface area (Å²) in [7, 11) is -1.28. The van der Waals surface area contributed by atoms with Gasteiger partial charge in [-0.05, 0) is 0 Å². The summed E-state index contributed by atoms with van der Waals surface area (Å²) >= 11 is -1.20. The predicted octanol–water partition coefficient (Wildman–Crippen LogP) is 1.61. The van der Waals surface area contributed by atoms with Gasteiger partial charge in [-0.1, -0.05) is 0 Å². The number of rotatable bonds is 6. The van der Waals surface area contributed by atoms with E-state index >= 15 is 0 Å². The molecule has 1 aromatic rings. The molecule has 0 aromatic heterocycles. The number of carbonyl (C=O) groups excluding carboxylic acids is 1. The molecule has 0 aliphatic carbocycles. The van der Waals surface area contributed by atoms with Crippen molar-refractivity contribution < 1.29 is 22.0 Å². The molecule has 1 N–H and O–H groups in total. The molecule has 0 radical (unpaired) electrons. The Morgan fingerprint density at radius 3 is 2.41 bits per heavy atom. The van der Waals surface area contributed by atoms with Crippen LogP contribution in [0, 0.1) is 0 Å². The molecule has 0 saturated heterocycles. The number of hydrogen-bond donors (Lipinski definition) is 1. The van der Waals surface area contributed by atoms with Gasteiger partial charge >= 0.3 is 140 Å². The summed E-state index contributed by atoms with van der Waals surface area (Å²) in [5.74, 6) is 0. The van der Waals surface area contributed by atoms with Crippen LogP contribution < -0.4 is 0 Å². The Morgan fingerprint density at radius 1 is 1.32 bits per heavy atom. The van der Waals surface area contributed by atoms with E-state index in [9.17, 15) is 13.2 Å². The van der Waals surface area contributed by atoms with E-state index in [1.165, 1.54) is 11.8 Å². The zero-order valence-electron chi connectivity index (χ0n) is 12.3. The van der Waals surface area contributed by atoms with Crippen LogP contribution in [0.1, 0.15) is 12.5 Å². The molecule has 0 heterocycles. The molecule has 0 unspecified atom stereocenters. The molecule has 0 spiro atoms. The number of carbonyl (C=O) groups is 1. The van der Waals surface area contributed by atoms with Crippen LogP contribution in [0.3, 0.4) is 0 Å². The molecular weight excluding hydrogens is 424 g/mol. The Bertz CT molecular complexity index is 684. The van der Waals surface area contributed by atoms with E-state index in [-0.39, 0.29) is 9.67 Å². The van der Waals surface area contributed by atoms with Gasteiger partial charge in [0.1, 0.15) is 0 Å². The van der Waals surface area contributed by atoms with Gasteiger partial charge in [-0.15, -0.1) is 0 Å². The van der Waals surface area contributed by atoms with Gasteiger partial charge in [0.05, 0.1) is 0 Å². The van der Waals surface area contributed by atoms with Crippen LogP contribution in [0.4, 0.5) is 4.79 Å². The number of allylic oxidation sites excluding steroid dienone is 1. The summed E-state index contributed by atoms with van der Waals surface area (Å²) in [4.78, 5) is 13.5. The Balaban J connectivity index is 3.09. The molecule has 0 aliphatic heterocycles. The molecule has 22 heavy (non-hydrogen) atoms. The third-order valence-electron chi connectivity index (χ3n) is 2.24. The van der Waals surface area contributed by atoms with Gasteiger partial charge in [-0.2, -0.15) is 0 Å². The Labute approximate surface area is 139 Å². The van der Waals surface area contributed by atoms with Crippen molar-refractivity contribution in [2.75, 3.05) is 14.1 Å². The van der Waals surface area contributed by atoms with Crippen LogP contribution in [0.25, 0.3) is 3.62 Å². The average molecular weight is 440 g/mol. The first-order chi connectivity index (χ1) is 10.2. The third kappa shape index (κ3) is 7.04. The Morgan fingerprint density at radius 2 is 1.91 bits per heavy atom. The van der Waals surface area contributed by atoms with E-state index in [1.54, 1.807) is 20.2 Å². The second kappa shape index (κ2) is 8.29. The van der Waals surface area contributed by atoms with E-state index in [2.05, 4.69) is 9.44 Å². The van der Waals surface area contributed by atoms with Crippen LogP contribution in [0.5, 0.6) is 0 Å². The predicted molar refractivity (Wildman–Crippen MR) is 85.0 cm³/mol. The van der Waals surface area contributed by atoms with Crippen molar-refractivity contribution in [3.8, 4) is 0 Å². The fourth-order valence-electron chi connectivity index (χ4n) is 1.28. The maximum atomic E-state index is 12.0. The van der Waals surface area contributed by atoms with Gasteiger partial charge in [-0.25, -0.2) is 0 Å². The molecule has 1 amide bonds. The van der Waals surface area contributed by atoms with Gasteiger partial charge in [-0.3, -0.25) is 0 Å². The van der Waals surface area contributed by atoms with Crippen molar-refractivity contribution in [2.24, 2.45) is 5.16 Å². The van der Waals surface area contributed by atoms with Crippen molar-refractivity contribution in [1.82, 2.24) is 4.90 Å². The van der Waals surface area contributed by atoms with E-state index in [4.69, 9.17) is 4.55 Å². The molecule has 0 bridgehead atoms. The van der Waals surface area contributed by atoms with Gasteiger partial charge in [0.15, 0.2) is 0 Å². The molecule has 0 fully saturated rings. The quantitative estimate of drug-likeness (QED) is 0.314. The summed E-state index contributed by atoms with van der Waals surface area (Å²) in [6, 6.07) is 9.26. The zero-order chi connectivity index (χ0) is 16.8. The standard InChI is InChI=1S/C13H16N2O5STe/c1-10(14-20-21(17,18)19)9-12(22-13(16)15(2)3)11-7-5-4-6-8-11/h4-9H,1-3H3,(H,17,18,19)/b12-9+,14-10+. The first-order valence-corrected chi connectivity index (χ1v) is 9.75. The minimum atomic E-state index is -4.64. The van der Waals surface area contributed by atoms with E-state index in [1.807, 2.05) is 30.3 Å². The number of nitrogens with zero attached hydrogens (tertiary/aromatic N) is 2. The van der Waals surface area contributed by atoms with Gasteiger partial charge in [0, 0.05) is 0 Å². The summed E-state index contributed by atoms with van der Waals surface area (Å²) < 4.78 is 34.3. The number of hydrogen-bond acceptors (Lipinski definition) is 5. The van der Waals surface area contributed by atoms with Crippen LogP contribution in [0.15, 0.2) is 41.6 Å². The van der Waals surface area contributed by atoms with E-state index in [0.29, 0.717) is 0 Å². The second-order valence-electron chi connectivity index (χ2n) is 4.37. The molecule has 0 aliphatic rings. The first kappa shape index (κ1) is 18.6. The van der Waals surface area contributed by atoms with E-state index < -0.39 is 31.3 Å². The molecule has 0 saturated carbocycles. The van der Waals surface area contributed by atoms with Crippen LogP contribution in [0.2, 0.25) is 0 Å². The number of benzene rings is 1. The van der Waals surface area contributed by atoms with E-state index in [0.717, 1.165) is 9.18 Å². The molecular formula is C13H16N2O5STe. The topological polar surface area (TPSA) is 96.3 Å². The summed E-state index contributed by atoms with van der Waals surface area (Å²) in [5.41, 5.74) is 1.09. The SMILES string of the molecule is CC(/C=C(/[Te]C(=O)N(C)C)c1ccccc1)=N\OS(=O)(=O)O. The second-order valence-corrected chi connectivity index (χ2v) is 8.21. The maximum absolute atomic E-state index is 12.0. The molecule has 120 valence electrons. The number of amides is 1. The summed E-state index contributed by atoms with van der Waals surface area (Å²) in [5, 5.41) is 3.31. The molecule has 9 heteroatoms. The average Bonchev–Trinajstić information content (AvgIpc) is 2.44. The molecule has 1 rings (SSSR count). The number of oxime groups is 1. The van der Waals surface area contributed by atoms with Crippen molar-refractivity contribution in [1.29, 1.82) is 0 Å². The summed E-state index contributed by atoms with van der Waals surface area (Å²) in [6.07, 6.45) is 1.59. The first-order valence-electron chi connectivity index (χ1n) is 6.06. The van der Waals surface area contributed by atoms with Crippen molar-refractivity contribution in [3.63, 3.8) is 0 Å². The normalized spacial score (nSPS) is 12.9. The fraction of sp³-hybridized carbons (Fsp3) is 0.231. The molecule has 7 nitrogen and oxygen atoms in total. The third-order valence-corrected chi connectivity index (χ3v) is 5.68. The summed E-state index contributed by atoms with van der Waals surface area (Å²) in [6.45, 7) is 1.52. The van der Waals surface area contributed by atoms with Gasteiger partial charge in [0.25, 0.3) is 0 Å². The van der Waals surface area contributed by atoms with Crippen molar-refractivity contribution >= 4 is 44.6 Å². The molecule has 1 aromatic carbocycles. The molecule has 0 atom stereocenters. The van der Waals surface area contributed by atoms with Crippen LogP contribution in [-0.2, 0) is 14.7 Å². The van der Waals surface area contributed by atoms with Crippen LogP contribution >= 0.6 is 0 Å². The van der Waals surface area contributed by atoms with Crippen LogP contribution in [-0.4, -0.2) is 62.6 Å². The van der Waals surface area contributed by atoms with Crippen molar-refractivity contribution in [3.05, 3.63) is 42.0 Å².